The molecule has 0 unspecified atom stereocenters. The van der Waals surface area contributed by atoms with Gasteiger partial charge in [0.2, 0.25) is 5.91 Å². The Morgan fingerprint density at radius 3 is 2.68 bits per heavy atom. The highest BCUT2D eigenvalue weighted by Crippen LogP contribution is 2.20. The average Bonchev–Trinajstić information content (AvgIpc) is 3.13. The molecule has 3 aromatic rings. The van der Waals surface area contributed by atoms with Crippen molar-refractivity contribution in [1.29, 1.82) is 0 Å². The van der Waals surface area contributed by atoms with Crippen LogP contribution in [-0.4, -0.2) is 15.5 Å². The quantitative estimate of drug-likeness (QED) is 0.747. The van der Waals surface area contributed by atoms with E-state index < -0.39 is 5.82 Å². The second kappa shape index (κ2) is 7.49. The minimum absolute atomic E-state index is 0.0943. The number of nitrogens with one attached hydrogen (secondary N) is 1. The molecule has 3 rings (SSSR count). The Balaban J connectivity index is 1.65. The summed E-state index contributed by atoms with van der Waals surface area (Å²) >= 11 is 5.97. The van der Waals surface area contributed by atoms with Gasteiger partial charge < -0.3 is 9.88 Å². The van der Waals surface area contributed by atoms with E-state index in [1.165, 1.54) is 12.1 Å². The van der Waals surface area contributed by atoms with Crippen molar-refractivity contribution in [3.05, 3.63) is 83.2 Å². The van der Waals surface area contributed by atoms with Gasteiger partial charge in [0.1, 0.15) is 5.82 Å². The topological polar surface area (TPSA) is 46.9 Å². The molecule has 1 heterocycles. The second-order valence-corrected chi connectivity index (χ2v) is 6.13. The molecule has 4 nitrogen and oxygen atoms in total. The molecule has 25 heavy (non-hydrogen) atoms. The van der Waals surface area contributed by atoms with Gasteiger partial charge in [-0.15, -0.1) is 0 Å². The molecule has 6 heteroatoms. The molecule has 0 saturated carbocycles. The molecule has 0 spiro atoms. The number of aromatic nitrogens is 2. The third kappa shape index (κ3) is 4.06. The first-order chi connectivity index (χ1) is 12.0. The van der Waals surface area contributed by atoms with E-state index >= 15 is 0 Å². The van der Waals surface area contributed by atoms with E-state index in [0.29, 0.717) is 0 Å². The van der Waals surface area contributed by atoms with Gasteiger partial charge in [-0.05, 0) is 36.8 Å². The molecule has 1 aromatic heterocycles. The van der Waals surface area contributed by atoms with Crippen LogP contribution in [0.1, 0.15) is 24.1 Å². The van der Waals surface area contributed by atoms with Crippen molar-refractivity contribution < 1.29 is 9.18 Å². The monoisotopic (exact) mass is 357 g/mol. The predicted octanol–water partition coefficient (Wildman–Crippen LogP) is 4.08. The molecule has 0 aliphatic heterocycles. The van der Waals surface area contributed by atoms with E-state index in [0.717, 1.165) is 11.3 Å². The van der Waals surface area contributed by atoms with Gasteiger partial charge in [-0.3, -0.25) is 4.79 Å². The van der Waals surface area contributed by atoms with Gasteiger partial charge in [-0.25, -0.2) is 9.37 Å². The Morgan fingerprint density at radius 2 is 2.04 bits per heavy atom. The largest absolute Gasteiger partial charge is 0.349 e. The van der Waals surface area contributed by atoms with Crippen LogP contribution in [0.5, 0.6) is 0 Å². The molecule has 0 radical (unpaired) electrons. The first-order valence-corrected chi connectivity index (χ1v) is 8.23. The van der Waals surface area contributed by atoms with Gasteiger partial charge in [0.15, 0.2) is 0 Å². The first kappa shape index (κ1) is 17.2. The average molecular weight is 358 g/mol. The van der Waals surface area contributed by atoms with Crippen LogP contribution in [0.4, 0.5) is 4.39 Å². The summed E-state index contributed by atoms with van der Waals surface area (Å²) < 4.78 is 15.7. The third-order valence-corrected chi connectivity index (χ3v) is 4.33. The van der Waals surface area contributed by atoms with Gasteiger partial charge in [0.05, 0.1) is 18.8 Å². The summed E-state index contributed by atoms with van der Waals surface area (Å²) in [5.74, 6) is -0.752. The van der Waals surface area contributed by atoms with E-state index in [2.05, 4.69) is 10.3 Å². The van der Waals surface area contributed by atoms with Crippen LogP contribution >= 0.6 is 11.6 Å². The van der Waals surface area contributed by atoms with Crippen molar-refractivity contribution in [2.75, 3.05) is 0 Å². The fraction of sp³-hybridized carbons (Fsp3) is 0.158. The number of imidazole rings is 1. The zero-order valence-corrected chi connectivity index (χ0v) is 14.4. The summed E-state index contributed by atoms with van der Waals surface area (Å²) in [4.78, 5) is 16.2. The molecule has 0 saturated heterocycles. The Bertz CT molecular complexity index is 843. The molecular formula is C19H17ClFN3O. The molecule has 0 aliphatic carbocycles. The van der Waals surface area contributed by atoms with Crippen LogP contribution in [0, 0.1) is 5.82 Å². The summed E-state index contributed by atoms with van der Waals surface area (Å²) in [5.41, 5.74) is 2.15. The molecule has 1 N–H and O–H groups in total. The molecule has 1 amide bonds. The fourth-order valence-electron chi connectivity index (χ4n) is 2.58. The highest BCUT2D eigenvalue weighted by Gasteiger charge is 2.14. The summed E-state index contributed by atoms with van der Waals surface area (Å²) in [6, 6.07) is 12.0. The Labute approximate surface area is 150 Å². The maximum Gasteiger partial charge on any atom is 0.225 e. The Hall–Kier alpha value is -2.66. The normalized spacial score (nSPS) is 12.0. The lowest BCUT2D eigenvalue weighted by molar-refractivity contribution is -0.121. The molecule has 0 fully saturated rings. The van der Waals surface area contributed by atoms with Gasteiger partial charge in [-0.1, -0.05) is 29.8 Å². The summed E-state index contributed by atoms with van der Waals surface area (Å²) in [7, 11) is 0. The van der Waals surface area contributed by atoms with Crippen LogP contribution in [0.3, 0.4) is 0 Å². The third-order valence-electron chi connectivity index (χ3n) is 3.97. The van der Waals surface area contributed by atoms with Crippen LogP contribution in [0.15, 0.2) is 61.2 Å². The van der Waals surface area contributed by atoms with Crippen molar-refractivity contribution in [1.82, 2.24) is 14.9 Å². The molecular weight excluding hydrogens is 341 g/mol. The lowest BCUT2D eigenvalue weighted by Gasteiger charge is -2.15. The van der Waals surface area contributed by atoms with Crippen LogP contribution < -0.4 is 5.32 Å². The van der Waals surface area contributed by atoms with Crippen molar-refractivity contribution in [2.45, 2.75) is 19.4 Å². The molecule has 0 aliphatic rings. The lowest BCUT2D eigenvalue weighted by Crippen LogP contribution is -2.28. The zero-order chi connectivity index (χ0) is 17.8. The minimum atomic E-state index is -0.472. The fourth-order valence-corrected chi connectivity index (χ4v) is 2.81. The maximum atomic E-state index is 13.8. The van der Waals surface area contributed by atoms with Gasteiger partial charge >= 0.3 is 0 Å². The van der Waals surface area contributed by atoms with Crippen LogP contribution in [-0.2, 0) is 11.2 Å². The number of rotatable bonds is 5. The number of hydrogen-bond acceptors (Lipinski definition) is 2. The van der Waals surface area contributed by atoms with Crippen molar-refractivity contribution >= 4 is 17.5 Å². The number of carbonyl (C=O) groups is 1. The van der Waals surface area contributed by atoms with E-state index in [9.17, 15) is 9.18 Å². The predicted molar refractivity (Wildman–Crippen MR) is 95.2 cm³/mol. The zero-order valence-electron chi connectivity index (χ0n) is 13.6. The standard InChI is InChI=1S/C19H17ClFN3O/c1-13(14-5-7-15(8-6-14)24-10-9-22-12-24)23-19(25)11-16-17(20)3-2-4-18(16)21/h2-10,12-13H,11H2,1H3,(H,23,25)/t13-/m1/s1. The summed E-state index contributed by atoms with van der Waals surface area (Å²) in [6.45, 7) is 1.88. The van der Waals surface area contributed by atoms with Crippen molar-refractivity contribution in [2.24, 2.45) is 0 Å². The van der Waals surface area contributed by atoms with Gasteiger partial charge in [-0.2, -0.15) is 0 Å². The highest BCUT2D eigenvalue weighted by molar-refractivity contribution is 6.31. The first-order valence-electron chi connectivity index (χ1n) is 7.85. The smallest absolute Gasteiger partial charge is 0.225 e. The van der Waals surface area contributed by atoms with Gasteiger partial charge in [0.25, 0.3) is 0 Å². The number of nitrogens with zero attached hydrogens (tertiary/aromatic N) is 2. The molecule has 128 valence electrons. The van der Waals surface area contributed by atoms with Gasteiger partial charge in [0, 0.05) is 28.7 Å². The Kier molecular flexibility index (Phi) is 5.14. The maximum absolute atomic E-state index is 13.8. The Morgan fingerprint density at radius 1 is 1.28 bits per heavy atom. The minimum Gasteiger partial charge on any atom is -0.349 e. The van der Waals surface area contributed by atoms with Crippen LogP contribution in [0.2, 0.25) is 5.02 Å². The second-order valence-electron chi connectivity index (χ2n) is 5.73. The SMILES string of the molecule is C[C@@H](NC(=O)Cc1c(F)cccc1Cl)c1ccc(-n2ccnc2)cc1. The number of hydrogen-bond donors (Lipinski definition) is 1. The van der Waals surface area contributed by atoms with Crippen LogP contribution in [0.25, 0.3) is 5.69 Å². The van der Waals surface area contributed by atoms with E-state index in [-0.39, 0.29) is 29.0 Å². The van der Waals surface area contributed by atoms with Crippen molar-refractivity contribution in [3.8, 4) is 5.69 Å². The molecule has 0 bridgehead atoms. The number of amides is 1. The van der Waals surface area contributed by atoms with E-state index in [4.69, 9.17) is 11.6 Å². The summed E-state index contributed by atoms with van der Waals surface area (Å²) in [6.07, 6.45) is 5.20. The summed E-state index contributed by atoms with van der Waals surface area (Å²) in [5, 5.41) is 3.13. The van der Waals surface area contributed by atoms with E-state index in [1.54, 1.807) is 18.6 Å². The highest BCUT2D eigenvalue weighted by atomic mass is 35.5. The number of halogens is 2. The van der Waals surface area contributed by atoms with Crippen molar-refractivity contribution in [3.63, 3.8) is 0 Å². The molecule has 1 atom stereocenters. The number of benzene rings is 2. The molecule has 2 aromatic carbocycles. The lowest BCUT2D eigenvalue weighted by atomic mass is 10.1. The number of carbonyl (C=O) groups excluding carboxylic acids is 1. The van der Waals surface area contributed by atoms with E-state index in [1.807, 2.05) is 42.0 Å².